The molecule has 0 spiro atoms. The summed E-state index contributed by atoms with van der Waals surface area (Å²) in [6, 6.07) is 6.07. The minimum Gasteiger partial charge on any atom is -0.397 e. The Kier molecular flexibility index (Phi) is 5.14. The van der Waals surface area contributed by atoms with Crippen LogP contribution in [0.15, 0.2) is 71.8 Å². The lowest BCUT2D eigenvalue weighted by Crippen LogP contribution is -2.20. The third-order valence-electron chi connectivity index (χ3n) is 4.86. The van der Waals surface area contributed by atoms with Crippen molar-refractivity contribution < 1.29 is 0 Å². The Bertz CT molecular complexity index is 734. The minimum absolute atomic E-state index is 0.362. The van der Waals surface area contributed by atoms with Gasteiger partial charge in [0, 0.05) is 11.6 Å². The molecular formula is C22H26N2. The molecule has 3 rings (SSSR count). The maximum Gasteiger partial charge on any atom is 0.0861 e. The molecule has 2 N–H and O–H groups in total. The van der Waals surface area contributed by atoms with Crippen molar-refractivity contribution in [2.24, 2.45) is 22.7 Å². The Morgan fingerprint density at radius 1 is 1.12 bits per heavy atom. The predicted octanol–water partition coefficient (Wildman–Crippen LogP) is 5.55. The molecule has 0 amide bonds. The van der Waals surface area contributed by atoms with Gasteiger partial charge in [-0.3, -0.25) is 4.99 Å². The van der Waals surface area contributed by atoms with Crippen LogP contribution in [0.4, 0.5) is 11.4 Å². The molecule has 0 radical (unpaired) electrons. The van der Waals surface area contributed by atoms with Gasteiger partial charge in [-0.15, -0.1) is 0 Å². The lowest BCUT2D eigenvalue weighted by Gasteiger charge is -2.25. The van der Waals surface area contributed by atoms with Crippen LogP contribution in [0.3, 0.4) is 0 Å². The normalized spacial score (nSPS) is 26.1. The summed E-state index contributed by atoms with van der Waals surface area (Å²) in [5, 5.41) is 0. The first-order chi connectivity index (χ1) is 11.6. The van der Waals surface area contributed by atoms with E-state index in [0.29, 0.717) is 17.8 Å². The van der Waals surface area contributed by atoms with Gasteiger partial charge in [0.05, 0.1) is 11.4 Å². The van der Waals surface area contributed by atoms with Gasteiger partial charge in [0.2, 0.25) is 0 Å². The molecule has 0 aromatic heterocycles. The zero-order valence-electron chi connectivity index (χ0n) is 14.5. The number of rotatable bonds is 4. The fourth-order valence-electron chi connectivity index (χ4n) is 3.27. The second-order valence-corrected chi connectivity index (χ2v) is 6.82. The summed E-state index contributed by atoms with van der Waals surface area (Å²) < 4.78 is 0. The Morgan fingerprint density at radius 3 is 2.67 bits per heavy atom. The summed E-state index contributed by atoms with van der Waals surface area (Å²) in [5.74, 6) is 1.40. The van der Waals surface area contributed by atoms with E-state index in [1.54, 1.807) is 0 Å². The van der Waals surface area contributed by atoms with E-state index in [2.05, 4.69) is 68.5 Å². The van der Waals surface area contributed by atoms with Gasteiger partial charge in [-0.25, -0.2) is 0 Å². The third-order valence-corrected chi connectivity index (χ3v) is 4.86. The molecule has 1 aromatic carbocycles. The smallest absolute Gasteiger partial charge is 0.0861 e. The van der Waals surface area contributed by atoms with E-state index in [-0.39, 0.29) is 0 Å². The molecule has 0 bridgehead atoms. The number of anilines is 1. The fourth-order valence-corrected chi connectivity index (χ4v) is 3.27. The van der Waals surface area contributed by atoms with E-state index in [0.717, 1.165) is 24.2 Å². The highest BCUT2D eigenvalue weighted by atomic mass is 14.8. The lowest BCUT2D eigenvalue weighted by atomic mass is 9.82. The number of benzene rings is 1. The molecule has 1 aromatic rings. The van der Waals surface area contributed by atoms with Crippen LogP contribution in [0, 0.1) is 24.7 Å². The van der Waals surface area contributed by atoms with Crippen LogP contribution in [-0.2, 0) is 0 Å². The predicted molar refractivity (Wildman–Crippen MR) is 105 cm³/mol. The monoisotopic (exact) mass is 318 g/mol. The number of aliphatic imine (C=N–C) groups is 1. The van der Waals surface area contributed by atoms with Crippen molar-refractivity contribution in [3.05, 3.63) is 72.4 Å². The van der Waals surface area contributed by atoms with Crippen LogP contribution in [0.2, 0.25) is 0 Å². The van der Waals surface area contributed by atoms with Crippen molar-refractivity contribution in [2.45, 2.75) is 26.7 Å². The first-order valence-corrected chi connectivity index (χ1v) is 8.75. The Hall–Kier alpha value is -2.35. The quantitative estimate of drug-likeness (QED) is 0.573. The van der Waals surface area contributed by atoms with Crippen LogP contribution in [0.25, 0.3) is 0 Å². The number of nitrogen functional groups attached to an aromatic ring is 1. The van der Waals surface area contributed by atoms with Crippen LogP contribution >= 0.6 is 0 Å². The van der Waals surface area contributed by atoms with Gasteiger partial charge in [-0.1, -0.05) is 61.6 Å². The summed E-state index contributed by atoms with van der Waals surface area (Å²) >= 11 is 0. The van der Waals surface area contributed by atoms with Crippen molar-refractivity contribution in [2.75, 3.05) is 5.73 Å². The molecule has 3 atom stereocenters. The maximum absolute atomic E-state index is 6.16. The SMILES string of the molecule is Cc1ccc(N)c(N=C(CC2C=CC=CC2C)C2C=CC=CC2)c1. The summed E-state index contributed by atoms with van der Waals surface area (Å²) in [7, 11) is 0. The molecule has 2 aliphatic rings. The molecule has 24 heavy (non-hydrogen) atoms. The first-order valence-electron chi connectivity index (χ1n) is 8.75. The van der Waals surface area contributed by atoms with Crippen molar-refractivity contribution in [3.63, 3.8) is 0 Å². The molecule has 0 saturated carbocycles. The number of hydrogen-bond donors (Lipinski definition) is 1. The Morgan fingerprint density at radius 2 is 1.92 bits per heavy atom. The van der Waals surface area contributed by atoms with Gasteiger partial charge >= 0.3 is 0 Å². The van der Waals surface area contributed by atoms with Gasteiger partial charge in [-0.05, 0) is 49.3 Å². The number of nitrogens with zero attached hydrogens (tertiary/aromatic N) is 1. The summed E-state index contributed by atoms with van der Waals surface area (Å²) in [6.45, 7) is 4.36. The van der Waals surface area contributed by atoms with Gasteiger partial charge in [0.25, 0.3) is 0 Å². The maximum atomic E-state index is 6.16. The van der Waals surface area contributed by atoms with Crippen molar-refractivity contribution in [1.29, 1.82) is 0 Å². The standard InChI is InChI=1S/C22H26N2/c1-16-12-13-20(23)22(14-16)24-21(18-9-4-3-5-10-18)15-19-11-7-6-8-17(19)2/h3-9,11-14,17-19H,10,15,23H2,1-2H3. The number of allylic oxidation sites excluding steroid dienone is 8. The molecule has 124 valence electrons. The zero-order valence-corrected chi connectivity index (χ0v) is 14.5. The first kappa shape index (κ1) is 16.5. The average molecular weight is 318 g/mol. The summed E-state index contributed by atoms with van der Waals surface area (Å²) in [6.07, 6.45) is 19.6. The molecule has 0 saturated heterocycles. The highest BCUT2D eigenvalue weighted by molar-refractivity contribution is 5.92. The van der Waals surface area contributed by atoms with E-state index in [4.69, 9.17) is 10.7 Å². The highest BCUT2D eigenvalue weighted by Gasteiger charge is 2.21. The number of aryl methyl sites for hydroxylation is 1. The largest absolute Gasteiger partial charge is 0.397 e. The number of nitrogens with two attached hydrogens (primary N) is 1. The molecule has 0 fully saturated rings. The zero-order chi connectivity index (χ0) is 16.9. The van der Waals surface area contributed by atoms with Crippen molar-refractivity contribution >= 4 is 17.1 Å². The van der Waals surface area contributed by atoms with Crippen LogP contribution < -0.4 is 5.73 Å². The van der Waals surface area contributed by atoms with Gasteiger partial charge in [0.15, 0.2) is 0 Å². The van der Waals surface area contributed by atoms with E-state index < -0.39 is 0 Å². The Labute approximate surface area is 145 Å². The second kappa shape index (κ2) is 7.48. The van der Waals surface area contributed by atoms with Crippen LogP contribution in [-0.4, -0.2) is 5.71 Å². The van der Waals surface area contributed by atoms with Crippen LogP contribution in [0.1, 0.15) is 25.3 Å². The molecule has 3 unspecified atom stereocenters. The molecular weight excluding hydrogens is 292 g/mol. The van der Waals surface area contributed by atoms with Crippen LogP contribution in [0.5, 0.6) is 0 Å². The molecule has 2 heteroatoms. The molecule has 2 aliphatic carbocycles. The van der Waals surface area contributed by atoms with Crippen molar-refractivity contribution in [3.8, 4) is 0 Å². The Balaban J connectivity index is 1.92. The molecule has 0 heterocycles. The summed E-state index contributed by atoms with van der Waals surface area (Å²) in [4.78, 5) is 5.02. The average Bonchev–Trinajstić information content (AvgIpc) is 2.60. The fraction of sp³-hybridized carbons (Fsp3) is 0.318. The van der Waals surface area contributed by atoms with E-state index in [1.807, 2.05) is 12.1 Å². The minimum atomic E-state index is 0.362. The number of hydrogen-bond acceptors (Lipinski definition) is 2. The van der Waals surface area contributed by atoms with Gasteiger partial charge in [-0.2, -0.15) is 0 Å². The topological polar surface area (TPSA) is 38.4 Å². The second-order valence-electron chi connectivity index (χ2n) is 6.82. The van der Waals surface area contributed by atoms with E-state index in [9.17, 15) is 0 Å². The van der Waals surface area contributed by atoms with E-state index in [1.165, 1.54) is 11.3 Å². The lowest BCUT2D eigenvalue weighted by molar-refractivity contribution is 0.517. The summed E-state index contributed by atoms with van der Waals surface area (Å²) in [5.41, 5.74) is 10.2. The highest BCUT2D eigenvalue weighted by Crippen LogP contribution is 2.30. The molecule has 0 aliphatic heterocycles. The molecule has 2 nitrogen and oxygen atoms in total. The third kappa shape index (κ3) is 3.94. The van der Waals surface area contributed by atoms with E-state index >= 15 is 0 Å². The van der Waals surface area contributed by atoms with Crippen molar-refractivity contribution in [1.82, 2.24) is 0 Å². The van der Waals surface area contributed by atoms with Gasteiger partial charge in [0.1, 0.15) is 0 Å². The van der Waals surface area contributed by atoms with Gasteiger partial charge < -0.3 is 5.73 Å².